The van der Waals surface area contributed by atoms with Crippen LogP contribution in [-0.4, -0.2) is 49.1 Å². The molecule has 2 amide bonds. The Morgan fingerprint density at radius 1 is 1.16 bits per heavy atom. The van der Waals surface area contributed by atoms with E-state index in [1.807, 2.05) is 4.90 Å². The van der Waals surface area contributed by atoms with Gasteiger partial charge >= 0.3 is 6.03 Å². The molecule has 1 N–H and O–H groups in total. The van der Waals surface area contributed by atoms with Crippen molar-refractivity contribution >= 4 is 6.03 Å². The number of nitrogens with one attached hydrogen (secondary N) is 1. The third kappa shape index (κ3) is 3.03. The quantitative estimate of drug-likeness (QED) is 0.831. The van der Waals surface area contributed by atoms with Gasteiger partial charge in [-0.2, -0.15) is 0 Å². The first-order valence-electron chi connectivity index (χ1n) is 7.62. The van der Waals surface area contributed by atoms with Crippen molar-refractivity contribution in [3.05, 3.63) is 0 Å². The van der Waals surface area contributed by atoms with Gasteiger partial charge in [0.05, 0.1) is 6.61 Å². The fraction of sp³-hybridized carbons (Fsp3) is 0.929. The molecule has 0 bridgehead atoms. The van der Waals surface area contributed by atoms with Crippen molar-refractivity contribution in [1.29, 1.82) is 0 Å². The minimum Gasteiger partial charge on any atom is -0.347 e. The Hall–Kier alpha value is -0.810. The van der Waals surface area contributed by atoms with Gasteiger partial charge in [0.2, 0.25) is 0 Å². The Morgan fingerprint density at radius 2 is 1.89 bits per heavy atom. The number of hydrogen-bond acceptors (Lipinski definition) is 3. The highest BCUT2D eigenvalue weighted by molar-refractivity contribution is 5.74. The first-order chi connectivity index (χ1) is 9.27. The Kier molecular flexibility index (Phi) is 3.93. The van der Waals surface area contributed by atoms with E-state index in [4.69, 9.17) is 9.47 Å². The minimum absolute atomic E-state index is 0.0170. The van der Waals surface area contributed by atoms with Crippen LogP contribution in [0.25, 0.3) is 0 Å². The summed E-state index contributed by atoms with van der Waals surface area (Å²) < 4.78 is 12.0. The van der Waals surface area contributed by atoms with E-state index in [0.29, 0.717) is 13.2 Å². The Labute approximate surface area is 114 Å². The van der Waals surface area contributed by atoms with Crippen molar-refractivity contribution < 1.29 is 14.3 Å². The SMILES string of the molecule is O=C(NCC1COC2(CCCCCC2)O1)N1CCC1. The highest BCUT2D eigenvalue weighted by Crippen LogP contribution is 2.36. The van der Waals surface area contributed by atoms with E-state index < -0.39 is 0 Å². The van der Waals surface area contributed by atoms with Gasteiger partial charge in [0.1, 0.15) is 6.10 Å². The number of urea groups is 1. The van der Waals surface area contributed by atoms with Gasteiger partial charge in [0.15, 0.2) is 5.79 Å². The molecular formula is C14H24N2O3. The van der Waals surface area contributed by atoms with E-state index in [2.05, 4.69) is 5.32 Å². The lowest BCUT2D eigenvalue weighted by molar-refractivity contribution is -0.175. The maximum Gasteiger partial charge on any atom is 0.317 e. The first-order valence-corrected chi connectivity index (χ1v) is 7.62. The van der Waals surface area contributed by atoms with Gasteiger partial charge in [0.25, 0.3) is 0 Å². The average molecular weight is 268 g/mol. The van der Waals surface area contributed by atoms with Crippen molar-refractivity contribution in [3.8, 4) is 0 Å². The molecule has 1 saturated carbocycles. The van der Waals surface area contributed by atoms with E-state index in [9.17, 15) is 4.79 Å². The van der Waals surface area contributed by atoms with Crippen LogP contribution in [-0.2, 0) is 9.47 Å². The topological polar surface area (TPSA) is 50.8 Å². The number of hydrogen-bond donors (Lipinski definition) is 1. The molecule has 0 aromatic heterocycles. The molecule has 5 heteroatoms. The smallest absolute Gasteiger partial charge is 0.317 e. The summed E-state index contributed by atoms with van der Waals surface area (Å²) >= 11 is 0. The van der Waals surface area contributed by atoms with Gasteiger partial charge in [0, 0.05) is 32.5 Å². The summed E-state index contributed by atoms with van der Waals surface area (Å²) in [6, 6.07) is 0.0386. The second-order valence-electron chi connectivity index (χ2n) is 5.90. The van der Waals surface area contributed by atoms with Crippen LogP contribution in [0.4, 0.5) is 4.79 Å². The number of ether oxygens (including phenoxy) is 2. The number of nitrogens with zero attached hydrogens (tertiary/aromatic N) is 1. The molecule has 1 unspecified atom stereocenters. The molecule has 1 spiro atoms. The molecule has 2 saturated heterocycles. The van der Waals surface area contributed by atoms with Gasteiger partial charge in [-0.3, -0.25) is 0 Å². The van der Waals surface area contributed by atoms with Crippen molar-refractivity contribution in [2.45, 2.75) is 56.8 Å². The molecule has 3 fully saturated rings. The van der Waals surface area contributed by atoms with Crippen molar-refractivity contribution in [3.63, 3.8) is 0 Å². The lowest BCUT2D eigenvalue weighted by atomic mass is 10.1. The van der Waals surface area contributed by atoms with E-state index >= 15 is 0 Å². The standard InChI is InChI=1S/C14H24N2O3/c17-13(16-8-5-9-16)15-10-12-11-18-14(19-12)6-3-1-2-4-7-14/h12H,1-11H2,(H,15,17). The zero-order chi connectivity index (χ0) is 13.1. The predicted octanol–water partition coefficient (Wildman–Crippen LogP) is 1.87. The van der Waals surface area contributed by atoms with Gasteiger partial charge in [-0.1, -0.05) is 12.8 Å². The number of carbonyl (C=O) groups excluding carboxylic acids is 1. The summed E-state index contributed by atoms with van der Waals surface area (Å²) in [7, 11) is 0. The molecule has 1 aliphatic carbocycles. The van der Waals surface area contributed by atoms with Gasteiger partial charge < -0.3 is 19.7 Å². The zero-order valence-electron chi connectivity index (χ0n) is 11.5. The zero-order valence-corrected chi connectivity index (χ0v) is 11.5. The predicted molar refractivity (Wildman–Crippen MR) is 70.8 cm³/mol. The van der Waals surface area contributed by atoms with Crippen LogP contribution in [0.1, 0.15) is 44.9 Å². The molecule has 19 heavy (non-hydrogen) atoms. The van der Waals surface area contributed by atoms with E-state index in [-0.39, 0.29) is 17.9 Å². The minimum atomic E-state index is -0.345. The maximum absolute atomic E-state index is 11.7. The number of carbonyl (C=O) groups is 1. The molecule has 0 radical (unpaired) electrons. The molecule has 0 aromatic rings. The number of likely N-dealkylation sites (tertiary alicyclic amines) is 1. The number of rotatable bonds is 2. The monoisotopic (exact) mass is 268 g/mol. The summed E-state index contributed by atoms with van der Waals surface area (Å²) in [4.78, 5) is 13.6. The normalized spacial score (nSPS) is 29.9. The highest BCUT2D eigenvalue weighted by Gasteiger charge is 2.41. The van der Waals surface area contributed by atoms with Gasteiger partial charge in [-0.05, 0) is 19.3 Å². The first kappa shape index (κ1) is 13.2. The van der Waals surface area contributed by atoms with Crippen LogP contribution in [0.3, 0.4) is 0 Å². The third-order valence-electron chi connectivity index (χ3n) is 4.40. The third-order valence-corrected chi connectivity index (χ3v) is 4.40. The maximum atomic E-state index is 11.7. The van der Waals surface area contributed by atoms with Crippen molar-refractivity contribution in [1.82, 2.24) is 10.2 Å². The van der Waals surface area contributed by atoms with Crippen LogP contribution >= 0.6 is 0 Å². The molecule has 2 aliphatic heterocycles. The summed E-state index contributed by atoms with van der Waals surface area (Å²) in [6.07, 6.45) is 8.09. The van der Waals surface area contributed by atoms with Crippen molar-refractivity contribution in [2.75, 3.05) is 26.2 Å². The molecule has 3 rings (SSSR count). The average Bonchev–Trinajstić information content (AvgIpc) is 2.57. The van der Waals surface area contributed by atoms with E-state index in [1.165, 1.54) is 25.7 Å². The van der Waals surface area contributed by atoms with Gasteiger partial charge in [-0.15, -0.1) is 0 Å². The summed E-state index contributed by atoms with van der Waals surface area (Å²) in [5.74, 6) is -0.345. The second-order valence-corrected chi connectivity index (χ2v) is 5.90. The van der Waals surface area contributed by atoms with E-state index in [1.54, 1.807) is 0 Å². The Balaban J connectivity index is 1.44. The van der Waals surface area contributed by atoms with Crippen LogP contribution in [0.15, 0.2) is 0 Å². The Morgan fingerprint density at radius 3 is 2.53 bits per heavy atom. The summed E-state index contributed by atoms with van der Waals surface area (Å²) in [5, 5.41) is 2.95. The molecule has 3 aliphatic rings. The van der Waals surface area contributed by atoms with Crippen molar-refractivity contribution in [2.24, 2.45) is 0 Å². The lowest BCUT2D eigenvalue weighted by Crippen LogP contribution is -2.49. The molecular weight excluding hydrogens is 244 g/mol. The lowest BCUT2D eigenvalue weighted by Gasteiger charge is -2.31. The molecule has 108 valence electrons. The fourth-order valence-electron chi connectivity index (χ4n) is 3.08. The largest absolute Gasteiger partial charge is 0.347 e. The van der Waals surface area contributed by atoms with Crippen LogP contribution < -0.4 is 5.32 Å². The van der Waals surface area contributed by atoms with E-state index in [0.717, 1.165) is 32.4 Å². The number of amides is 2. The summed E-state index contributed by atoms with van der Waals surface area (Å²) in [6.45, 7) is 2.95. The molecule has 5 nitrogen and oxygen atoms in total. The van der Waals surface area contributed by atoms with Crippen LogP contribution in [0, 0.1) is 0 Å². The molecule has 1 atom stereocenters. The van der Waals surface area contributed by atoms with Crippen LogP contribution in [0.5, 0.6) is 0 Å². The molecule has 2 heterocycles. The molecule has 0 aromatic carbocycles. The summed E-state index contributed by atoms with van der Waals surface area (Å²) in [5.41, 5.74) is 0. The highest BCUT2D eigenvalue weighted by atomic mass is 16.7. The Bertz CT molecular complexity index is 323. The van der Waals surface area contributed by atoms with Crippen LogP contribution in [0.2, 0.25) is 0 Å². The fourth-order valence-corrected chi connectivity index (χ4v) is 3.08. The second kappa shape index (κ2) is 5.67. The van der Waals surface area contributed by atoms with Gasteiger partial charge in [-0.25, -0.2) is 4.79 Å².